The zero-order valence-electron chi connectivity index (χ0n) is 18.4. The van der Waals surface area contributed by atoms with Crippen LogP contribution in [0.2, 0.25) is 0 Å². The van der Waals surface area contributed by atoms with Gasteiger partial charge in [-0.3, -0.25) is 0 Å². The number of halogens is 2. The number of hydrogen-bond donors (Lipinski definition) is 1. The van der Waals surface area contributed by atoms with Crippen molar-refractivity contribution in [2.24, 2.45) is 0 Å². The van der Waals surface area contributed by atoms with Gasteiger partial charge in [-0.05, 0) is 88.1 Å². The summed E-state index contributed by atoms with van der Waals surface area (Å²) in [5.74, 6) is 1.25. The van der Waals surface area contributed by atoms with Crippen molar-refractivity contribution >= 4 is 22.4 Å². The maximum atomic E-state index is 14.8. The van der Waals surface area contributed by atoms with E-state index in [0.29, 0.717) is 24.3 Å². The summed E-state index contributed by atoms with van der Waals surface area (Å²) in [6.45, 7) is 2.89. The van der Waals surface area contributed by atoms with Crippen molar-refractivity contribution in [2.75, 3.05) is 36.0 Å². The molecule has 1 aromatic heterocycles. The predicted octanol–water partition coefficient (Wildman–Crippen LogP) is 4.94. The summed E-state index contributed by atoms with van der Waals surface area (Å²) in [4.78, 5) is 12.1. The molecule has 2 heterocycles. The van der Waals surface area contributed by atoms with Crippen LogP contribution in [0.5, 0.6) is 0 Å². The van der Waals surface area contributed by atoms with Gasteiger partial charge in [-0.2, -0.15) is 0 Å². The molecule has 172 valence electrons. The average Bonchev–Trinajstić information content (AvgIpc) is 3.62. The number of imidazole rings is 1. The molecule has 0 amide bonds. The predicted molar refractivity (Wildman–Crippen MR) is 128 cm³/mol. The second-order valence-electron chi connectivity index (χ2n) is 7.99. The summed E-state index contributed by atoms with van der Waals surface area (Å²) in [6, 6.07) is 9.85. The number of nitrogens with zero attached hydrogens (tertiary/aromatic N) is 3. The van der Waals surface area contributed by atoms with Crippen LogP contribution < -0.4 is 9.80 Å². The molecule has 7 heteroatoms. The van der Waals surface area contributed by atoms with E-state index in [1.54, 1.807) is 12.1 Å². The Hall–Kier alpha value is -2.11. The van der Waals surface area contributed by atoms with Gasteiger partial charge in [-0.15, -0.1) is 0 Å². The van der Waals surface area contributed by atoms with E-state index in [1.165, 1.54) is 18.2 Å². The van der Waals surface area contributed by atoms with Crippen molar-refractivity contribution in [3.63, 3.8) is 0 Å². The Bertz CT molecular complexity index is 1040. The van der Waals surface area contributed by atoms with Crippen LogP contribution in [0.25, 0.3) is 11.0 Å². The molecule has 34 heavy (non-hydrogen) atoms. The SMILES string of the molecule is Fc1ccc(N2CCN(c3cc4nc([C]5[CH][CH][CH][CH]5)[nH]c4cc3F)CC2)cc1.[CH]1[CH][CH][CH][CH]1.[Fe+2]. The van der Waals surface area contributed by atoms with E-state index in [2.05, 4.69) is 14.9 Å². The molecule has 3 aromatic rings. The van der Waals surface area contributed by atoms with Crippen LogP contribution in [0.3, 0.4) is 0 Å². The molecule has 3 aliphatic rings. The minimum atomic E-state index is -0.250. The third-order valence-electron chi connectivity index (χ3n) is 5.85. The summed E-state index contributed by atoms with van der Waals surface area (Å²) < 4.78 is 27.9. The van der Waals surface area contributed by atoms with Gasteiger partial charge in [-0.25, -0.2) is 13.8 Å². The van der Waals surface area contributed by atoms with E-state index in [4.69, 9.17) is 0 Å². The summed E-state index contributed by atoms with van der Waals surface area (Å²) in [7, 11) is 0. The number of benzene rings is 2. The first-order valence-corrected chi connectivity index (χ1v) is 11.0. The Labute approximate surface area is 211 Å². The maximum Gasteiger partial charge on any atom is 2.00 e. The fraction of sp³-hybridized carbons (Fsp3) is 0.148. The average molecular weight is 498 g/mol. The second kappa shape index (κ2) is 11.5. The van der Waals surface area contributed by atoms with Crippen LogP contribution in [0.1, 0.15) is 5.82 Å². The van der Waals surface area contributed by atoms with E-state index >= 15 is 0 Å². The third-order valence-corrected chi connectivity index (χ3v) is 5.85. The van der Waals surface area contributed by atoms with E-state index in [-0.39, 0.29) is 28.7 Å². The molecular formula is C27H24F2FeN4+2. The van der Waals surface area contributed by atoms with E-state index in [9.17, 15) is 8.78 Å². The number of fused-ring (bicyclic) bond motifs is 1. The Kier molecular flexibility index (Phi) is 8.49. The standard InChI is InChI=1S/C22H19F2N4.C5H5.Fe/c23-16-5-7-17(8-6-16)27-9-11-28(12-10-27)21-14-20-19(13-18(21)24)25-22(26-20)15-3-1-2-4-15;1-2-4-5-3-1;/h1-8,13-14H,9-12H2,(H,25,26);1-5H;/q;;+2. The molecule has 4 nitrogen and oxygen atoms in total. The topological polar surface area (TPSA) is 35.2 Å². The molecular weight excluding hydrogens is 474 g/mol. The molecule has 1 aliphatic heterocycles. The number of aromatic nitrogens is 2. The van der Waals surface area contributed by atoms with Gasteiger partial charge in [0.05, 0.1) is 16.7 Å². The van der Waals surface area contributed by atoms with Gasteiger partial charge in [0.2, 0.25) is 0 Å². The number of hydrogen-bond acceptors (Lipinski definition) is 3. The van der Waals surface area contributed by atoms with E-state index < -0.39 is 0 Å². The molecule has 2 aromatic carbocycles. The Morgan fingerprint density at radius 1 is 0.735 bits per heavy atom. The van der Waals surface area contributed by atoms with Gasteiger partial charge in [-0.1, -0.05) is 0 Å². The molecule has 0 atom stereocenters. The first-order chi connectivity index (χ1) is 16.2. The zero-order chi connectivity index (χ0) is 22.6. The fourth-order valence-corrected chi connectivity index (χ4v) is 4.11. The molecule has 10 radical (unpaired) electrons. The van der Waals surface area contributed by atoms with Gasteiger partial charge in [0.15, 0.2) is 0 Å². The molecule has 3 fully saturated rings. The number of H-pyrrole nitrogens is 1. The minimum absolute atomic E-state index is 0. The van der Waals surface area contributed by atoms with Crippen molar-refractivity contribution in [2.45, 2.75) is 0 Å². The van der Waals surface area contributed by atoms with Gasteiger partial charge >= 0.3 is 17.1 Å². The fourth-order valence-electron chi connectivity index (χ4n) is 4.11. The molecule has 2 aliphatic carbocycles. The van der Waals surface area contributed by atoms with Crippen molar-refractivity contribution in [1.29, 1.82) is 0 Å². The van der Waals surface area contributed by atoms with Gasteiger partial charge in [0.25, 0.3) is 0 Å². The second-order valence-corrected chi connectivity index (χ2v) is 7.99. The van der Waals surface area contributed by atoms with Crippen LogP contribution in [-0.2, 0) is 17.1 Å². The summed E-state index contributed by atoms with van der Waals surface area (Å²) >= 11 is 0. The zero-order valence-corrected chi connectivity index (χ0v) is 19.5. The summed E-state index contributed by atoms with van der Waals surface area (Å²) in [5, 5.41) is 0. The molecule has 1 saturated heterocycles. The van der Waals surface area contributed by atoms with Crippen LogP contribution in [0.4, 0.5) is 20.2 Å². The molecule has 2 saturated carbocycles. The van der Waals surface area contributed by atoms with Crippen LogP contribution in [0, 0.1) is 75.3 Å². The number of anilines is 2. The van der Waals surface area contributed by atoms with Gasteiger partial charge in [0.1, 0.15) is 17.5 Å². The first kappa shape index (κ1) is 25.0. The Balaban J connectivity index is 0.000000407. The van der Waals surface area contributed by atoms with Gasteiger partial charge in [0, 0.05) is 43.9 Å². The monoisotopic (exact) mass is 498 g/mol. The number of piperazine rings is 1. The smallest absolute Gasteiger partial charge is 0.368 e. The van der Waals surface area contributed by atoms with Crippen LogP contribution in [-0.4, -0.2) is 36.1 Å². The summed E-state index contributed by atoms with van der Waals surface area (Å²) in [6.07, 6.45) is 17.9. The van der Waals surface area contributed by atoms with Crippen molar-refractivity contribution in [3.8, 4) is 0 Å². The third kappa shape index (κ3) is 5.75. The molecule has 0 spiro atoms. The van der Waals surface area contributed by atoms with Crippen molar-refractivity contribution in [3.05, 3.63) is 118 Å². The first-order valence-electron chi connectivity index (χ1n) is 11.0. The largest absolute Gasteiger partial charge is 2.00 e. The normalized spacial score (nSPS) is 18.6. The number of rotatable bonds is 3. The van der Waals surface area contributed by atoms with Crippen molar-refractivity contribution in [1.82, 2.24) is 9.97 Å². The van der Waals surface area contributed by atoms with Crippen LogP contribution >= 0.6 is 0 Å². The van der Waals surface area contributed by atoms with E-state index in [0.717, 1.165) is 36.0 Å². The quantitative estimate of drug-likeness (QED) is 0.520. The van der Waals surface area contributed by atoms with Gasteiger partial charge < -0.3 is 14.8 Å². The van der Waals surface area contributed by atoms with E-state index in [1.807, 2.05) is 68.8 Å². The maximum absolute atomic E-state index is 14.8. The number of aromatic amines is 1. The molecule has 0 bridgehead atoms. The molecule has 0 unspecified atom stereocenters. The minimum Gasteiger partial charge on any atom is -0.368 e. The Morgan fingerprint density at radius 2 is 1.32 bits per heavy atom. The number of nitrogens with one attached hydrogen (secondary N) is 1. The Morgan fingerprint density at radius 3 is 1.94 bits per heavy atom. The van der Waals surface area contributed by atoms with Crippen molar-refractivity contribution < 1.29 is 25.8 Å². The molecule has 1 N–H and O–H groups in total. The summed E-state index contributed by atoms with van der Waals surface area (Å²) in [5.41, 5.74) is 3.02. The molecule has 6 rings (SSSR count). The van der Waals surface area contributed by atoms with Crippen LogP contribution in [0.15, 0.2) is 36.4 Å².